The number of aliphatic hydroxyl groups excluding tert-OH is 1. The maximum atomic E-state index is 11.7. The van der Waals surface area contributed by atoms with Gasteiger partial charge < -0.3 is 10.0 Å². The highest BCUT2D eigenvalue weighted by molar-refractivity contribution is 5.84. The van der Waals surface area contributed by atoms with Crippen molar-refractivity contribution in [2.75, 3.05) is 14.1 Å². The Bertz CT molecular complexity index is 301. The summed E-state index contributed by atoms with van der Waals surface area (Å²) in [4.78, 5) is 24.8. The third-order valence-electron chi connectivity index (χ3n) is 3.78. The van der Waals surface area contributed by atoms with Crippen molar-refractivity contribution in [3.8, 4) is 0 Å². The van der Waals surface area contributed by atoms with Gasteiger partial charge in [-0.1, -0.05) is 13.8 Å². The number of carbonyl (C=O) groups excluding carboxylic acids is 2. The molecule has 98 valence electrons. The predicted octanol–water partition coefficient (Wildman–Crippen LogP) is 1.08. The monoisotopic (exact) mass is 241 g/mol. The number of carbonyl (C=O) groups is 2. The molecule has 0 aromatic rings. The lowest BCUT2D eigenvalue weighted by Gasteiger charge is -2.26. The Hall–Kier alpha value is -0.900. The SMILES string of the molecule is CC1CCC(=O)[C@@H]1[C@H](O)[C@H](C)CC(=O)N(C)C. The van der Waals surface area contributed by atoms with E-state index in [0.717, 1.165) is 6.42 Å². The number of hydrogen-bond acceptors (Lipinski definition) is 3. The molecule has 1 saturated carbocycles. The van der Waals surface area contributed by atoms with Crippen LogP contribution in [0.4, 0.5) is 0 Å². The largest absolute Gasteiger partial charge is 0.392 e. The average molecular weight is 241 g/mol. The molecule has 0 saturated heterocycles. The summed E-state index contributed by atoms with van der Waals surface area (Å²) < 4.78 is 0. The van der Waals surface area contributed by atoms with E-state index < -0.39 is 6.10 Å². The number of rotatable bonds is 4. The predicted molar refractivity (Wildman–Crippen MR) is 65.4 cm³/mol. The van der Waals surface area contributed by atoms with Gasteiger partial charge in [0.2, 0.25) is 5.91 Å². The van der Waals surface area contributed by atoms with E-state index in [1.54, 1.807) is 14.1 Å². The van der Waals surface area contributed by atoms with Crippen molar-refractivity contribution in [3.05, 3.63) is 0 Å². The van der Waals surface area contributed by atoms with Crippen LogP contribution in [0, 0.1) is 17.8 Å². The zero-order valence-electron chi connectivity index (χ0n) is 11.1. The van der Waals surface area contributed by atoms with Gasteiger partial charge >= 0.3 is 0 Å². The minimum atomic E-state index is -0.691. The molecular formula is C13H23NO3. The fourth-order valence-electron chi connectivity index (χ4n) is 2.49. The van der Waals surface area contributed by atoms with Crippen LogP contribution < -0.4 is 0 Å². The van der Waals surface area contributed by atoms with Crippen molar-refractivity contribution in [2.24, 2.45) is 17.8 Å². The Labute approximate surface area is 103 Å². The molecule has 0 radical (unpaired) electrons. The Morgan fingerprint density at radius 2 is 2.12 bits per heavy atom. The molecule has 4 heteroatoms. The maximum Gasteiger partial charge on any atom is 0.222 e. The highest BCUT2D eigenvalue weighted by Gasteiger charge is 2.39. The molecule has 1 unspecified atom stereocenters. The Morgan fingerprint density at radius 1 is 1.53 bits per heavy atom. The lowest BCUT2D eigenvalue weighted by molar-refractivity contribution is -0.133. The molecule has 0 aromatic carbocycles. The summed E-state index contributed by atoms with van der Waals surface area (Å²) in [5.41, 5.74) is 0. The first kappa shape index (κ1) is 14.2. The second-order valence-electron chi connectivity index (χ2n) is 5.47. The van der Waals surface area contributed by atoms with Gasteiger partial charge in [0.25, 0.3) is 0 Å². The van der Waals surface area contributed by atoms with Gasteiger partial charge in [0.1, 0.15) is 5.78 Å². The van der Waals surface area contributed by atoms with E-state index in [1.165, 1.54) is 4.90 Å². The standard InChI is InChI=1S/C13H23NO3/c1-8-5-6-10(15)12(8)13(17)9(2)7-11(16)14(3)4/h8-9,12-13,17H,5-7H2,1-4H3/t8?,9-,12-,13-/m1/s1. The van der Waals surface area contributed by atoms with E-state index in [-0.39, 0.29) is 29.4 Å². The maximum absolute atomic E-state index is 11.7. The summed E-state index contributed by atoms with van der Waals surface area (Å²) in [7, 11) is 3.40. The number of aliphatic hydroxyl groups is 1. The lowest BCUT2D eigenvalue weighted by Crippen LogP contribution is -2.36. The summed E-state index contributed by atoms with van der Waals surface area (Å²) in [6.45, 7) is 3.84. The van der Waals surface area contributed by atoms with Crippen molar-refractivity contribution in [1.82, 2.24) is 4.90 Å². The minimum Gasteiger partial charge on any atom is -0.392 e. The Morgan fingerprint density at radius 3 is 2.53 bits per heavy atom. The van der Waals surface area contributed by atoms with Gasteiger partial charge in [0.15, 0.2) is 0 Å². The summed E-state index contributed by atoms with van der Waals surface area (Å²) >= 11 is 0. The lowest BCUT2D eigenvalue weighted by atomic mass is 9.83. The second-order valence-corrected chi connectivity index (χ2v) is 5.47. The van der Waals surface area contributed by atoms with Crippen LogP contribution in [0.2, 0.25) is 0 Å². The number of ketones is 1. The van der Waals surface area contributed by atoms with Crippen molar-refractivity contribution < 1.29 is 14.7 Å². The molecule has 4 nitrogen and oxygen atoms in total. The zero-order valence-corrected chi connectivity index (χ0v) is 11.1. The number of nitrogens with zero attached hydrogens (tertiary/aromatic N) is 1. The van der Waals surface area contributed by atoms with Crippen LogP contribution in [0.5, 0.6) is 0 Å². The van der Waals surface area contributed by atoms with E-state index in [0.29, 0.717) is 12.8 Å². The van der Waals surface area contributed by atoms with E-state index in [4.69, 9.17) is 0 Å². The smallest absolute Gasteiger partial charge is 0.222 e. The zero-order chi connectivity index (χ0) is 13.2. The molecule has 0 aliphatic heterocycles. The van der Waals surface area contributed by atoms with E-state index in [9.17, 15) is 14.7 Å². The molecule has 17 heavy (non-hydrogen) atoms. The average Bonchev–Trinajstić information content (AvgIpc) is 2.57. The molecule has 1 N–H and O–H groups in total. The van der Waals surface area contributed by atoms with Crippen molar-refractivity contribution in [3.63, 3.8) is 0 Å². The minimum absolute atomic E-state index is 0.00495. The van der Waals surface area contributed by atoms with Crippen LogP contribution in [0.1, 0.15) is 33.1 Å². The van der Waals surface area contributed by atoms with E-state index in [1.807, 2.05) is 13.8 Å². The first-order chi connectivity index (χ1) is 7.84. The molecule has 1 aliphatic carbocycles. The van der Waals surface area contributed by atoms with E-state index in [2.05, 4.69) is 0 Å². The molecule has 0 bridgehead atoms. The fraction of sp³-hybridized carbons (Fsp3) is 0.846. The molecule has 1 aliphatic rings. The summed E-state index contributed by atoms with van der Waals surface area (Å²) in [6, 6.07) is 0. The van der Waals surface area contributed by atoms with Crippen LogP contribution in [0.25, 0.3) is 0 Å². The number of hydrogen-bond donors (Lipinski definition) is 1. The van der Waals surface area contributed by atoms with Crippen LogP contribution in [-0.4, -0.2) is 41.9 Å². The molecule has 1 rings (SSSR count). The highest BCUT2D eigenvalue weighted by Crippen LogP contribution is 2.34. The summed E-state index contributed by atoms with van der Waals surface area (Å²) in [5, 5.41) is 10.2. The summed E-state index contributed by atoms with van der Waals surface area (Å²) in [5.74, 6) is -0.0717. The molecular weight excluding hydrogens is 218 g/mol. The number of Topliss-reactive ketones (excluding diaryl/α,β-unsaturated/α-hetero) is 1. The molecule has 1 fully saturated rings. The molecule has 0 heterocycles. The van der Waals surface area contributed by atoms with Crippen LogP contribution in [0.15, 0.2) is 0 Å². The van der Waals surface area contributed by atoms with Crippen LogP contribution >= 0.6 is 0 Å². The molecule has 1 amide bonds. The first-order valence-corrected chi connectivity index (χ1v) is 6.25. The molecule has 0 aromatic heterocycles. The van der Waals surface area contributed by atoms with Crippen molar-refractivity contribution in [1.29, 1.82) is 0 Å². The second kappa shape index (κ2) is 5.63. The normalized spacial score (nSPS) is 27.9. The van der Waals surface area contributed by atoms with Gasteiger partial charge in [-0.2, -0.15) is 0 Å². The van der Waals surface area contributed by atoms with Gasteiger partial charge in [-0.15, -0.1) is 0 Å². The Balaban J connectivity index is 2.60. The Kier molecular flexibility index (Phi) is 4.69. The molecule has 4 atom stereocenters. The fourth-order valence-corrected chi connectivity index (χ4v) is 2.49. The van der Waals surface area contributed by atoms with Gasteiger partial charge in [-0.05, 0) is 18.3 Å². The van der Waals surface area contributed by atoms with Gasteiger partial charge in [0, 0.05) is 32.9 Å². The van der Waals surface area contributed by atoms with Crippen molar-refractivity contribution in [2.45, 2.75) is 39.2 Å². The molecule has 0 spiro atoms. The van der Waals surface area contributed by atoms with Gasteiger partial charge in [-0.3, -0.25) is 9.59 Å². The van der Waals surface area contributed by atoms with E-state index >= 15 is 0 Å². The number of amides is 1. The van der Waals surface area contributed by atoms with Gasteiger partial charge in [-0.25, -0.2) is 0 Å². The van der Waals surface area contributed by atoms with Crippen LogP contribution in [-0.2, 0) is 9.59 Å². The van der Waals surface area contributed by atoms with Crippen molar-refractivity contribution >= 4 is 11.7 Å². The third-order valence-corrected chi connectivity index (χ3v) is 3.78. The van der Waals surface area contributed by atoms with Crippen LogP contribution in [0.3, 0.4) is 0 Å². The van der Waals surface area contributed by atoms with Gasteiger partial charge in [0.05, 0.1) is 6.10 Å². The summed E-state index contributed by atoms with van der Waals surface area (Å²) in [6.07, 6.45) is 1.03. The quantitative estimate of drug-likeness (QED) is 0.801. The first-order valence-electron chi connectivity index (χ1n) is 6.25. The topological polar surface area (TPSA) is 57.6 Å². The highest BCUT2D eigenvalue weighted by atomic mass is 16.3. The third kappa shape index (κ3) is 3.28.